The Balaban J connectivity index is 1.37. The fraction of sp³-hybridized carbons (Fsp3) is 0.636. The van der Waals surface area contributed by atoms with Gasteiger partial charge in [0.15, 0.2) is 5.75 Å². The Bertz CT molecular complexity index is 802. The number of hydrogen-bond acceptors (Lipinski definition) is 4. The lowest BCUT2D eigenvalue weighted by atomic mass is 9.82. The molecule has 1 aliphatic carbocycles. The molecule has 2 heterocycles. The minimum atomic E-state index is -0.806. The minimum absolute atomic E-state index is 0.425. The Morgan fingerprint density at radius 2 is 1.96 bits per heavy atom. The standard InChI is InChI=1S/C22H32N4O2/c1-2-4-15-7-9-17(10-8-15)26-13-11-16(12-14-26)21-24-18-5-3-6-19(20(18)25-21)28-22(23)27/h3,5-6,15-17H,2,4,7-14H2,1H3,(H2,23,27)(H,24,25)/t15-,17-. The van der Waals surface area contributed by atoms with E-state index in [0.717, 1.165) is 49.2 Å². The van der Waals surface area contributed by atoms with Crippen molar-refractivity contribution in [2.45, 2.75) is 70.3 Å². The second-order valence-corrected chi connectivity index (χ2v) is 8.47. The van der Waals surface area contributed by atoms with Crippen molar-refractivity contribution in [1.29, 1.82) is 0 Å². The zero-order valence-corrected chi connectivity index (χ0v) is 16.8. The molecule has 6 heteroatoms. The molecule has 152 valence electrons. The average Bonchev–Trinajstić information content (AvgIpc) is 3.14. The number of carbonyl (C=O) groups is 1. The predicted octanol–water partition coefficient (Wildman–Crippen LogP) is 4.56. The number of para-hydroxylation sites is 1. The molecular weight excluding hydrogens is 352 g/mol. The number of H-pyrrole nitrogens is 1. The van der Waals surface area contributed by atoms with Crippen LogP contribution in [0.4, 0.5) is 4.79 Å². The molecule has 1 aliphatic heterocycles. The molecule has 0 unspecified atom stereocenters. The SMILES string of the molecule is CCC[C@H]1CC[C@H](N2CCC(c3nc4c(OC(N)=O)cccc4[nH]3)CC2)CC1. The highest BCUT2D eigenvalue weighted by Gasteiger charge is 2.30. The summed E-state index contributed by atoms with van der Waals surface area (Å²) < 4.78 is 5.10. The molecule has 2 aromatic rings. The second-order valence-electron chi connectivity index (χ2n) is 8.47. The molecule has 1 saturated heterocycles. The first-order chi connectivity index (χ1) is 13.6. The summed E-state index contributed by atoms with van der Waals surface area (Å²) in [5.41, 5.74) is 6.75. The Labute approximate surface area is 166 Å². The van der Waals surface area contributed by atoms with Crippen LogP contribution in [0.5, 0.6) is 5.75 Å². The van der Waals surface area contributed by atoms with Gasteiger partial charge in [-0.3, -0.25) is 0 Å². The molecule has 4 rings (SSSR count). The van der Waals surface area contributed by atoms with E-state index in [0.29, 0.717) is 17.2 Å². The van der Waals surface area contributed by atoms with Crippen molar-refractivity contribution in [2.75, 3.05) is 13.1 Å². The number of aromatic nitrogens is 2. The summed E-state index contributed by atoms with van der Waals surface area (Å²) in [6, 6.07) is 6.32. The van der Waals surface area contributed by atoms with Gasteiger partial charge in [0.05, 0.1) is 5.52 Å². The molecule has 2 aliphatic rings. The molecular formula is C22H32N4O2. The summed E-state index contributed by atoms with van der Waals surface area (Å²) >= 11 is 0. The number of aromatic amines is 1. The summed E-state index contributed by atoms with van der Waals surface area (Å²) in [7, 11) is 0. The van der Waals surface area contributed by atoms with E-state index in [1.807, 2.05) is 12.1 Å². The number of amides is 1. The highest BCUT2D eigenvalue weighted by molar-refractivity contribution is 5.84. The molecule has 0 bridgehead atoms. The average molecular weight is 385 g/mol. The third-order valence-corrected chi connectivity index (χ3v) is 6.65. The fourth-order valence-corrected chi connectivity index (χ4v) is 5.15. The van der Waals surface area contributed by atoms with E-state index in [2.05, 4.69) is 16.8 Å². The molecule has 0 atom stereocenters. The van der Waals surface area contributed by atoms with Gasteiger partial charge in [-0.15, -0.1) is 0 Å². The van der Waals surface area contributed by atoms with Crippen LogP contribution >= 0.6 is 0 Å². The highest BCUT2D eigenvalue weighted by Crippen LogP contribution is 2.35. The topological polar surface area (TPSA) is 84.2 Å². The fourth-order valence-electron chi connectivity index (χ4n) is 5.15. The predicted molar refractivity (Wildman–Crippen MR) is 111 cm³/mol. The van der Waals surface area contributed by atoms with Gasteiger partial charge in [0.1, 0.15) is 11.3 Å². The van der Waals surface area contributed by atoms with E-state index in [1.54, 1.807) is 6.07 Å². The van der Waals surface area contributed by atoms with Crippen LogP contribution in [0.15, 0.2) is 18.2 Å². The van der Waals surface area contributed by atoms with E-state index in [9.17, 15) is 4.79 Å². The zero-order valence-electron chi connectivity index (χ0n) is 16.8. The molecule has 1 amide bonds. The third-order valence-electron chi connectivity index (χ3n) is 6.65. The normalized spacial score (nSPS) is 24.5. The maximum atomic E-state index is 11.1. The van der Waals surface area contributed by atoms with Gasteiger partial charge in [0.2, 0.25) is 0 Å². The number of imidazole rings is 1. The lowest BCUT2D eigenvalue weighted by Crippen LogP contribution is -2.42. The van der Waals surface area contributed by atoms with Crippen LogP contribution in [0.3, 0.4) is 0 Å². The molecule has 1 aromatic carbocycles. The van der Waals surface area contributed by atoms with Gasteiger partial charge in [-0.1, -0.05) is 25.8 Å². The zero-order chi connectivity index (χ0) is 19.5. The number of rotatable bonds is 5. The molecule has 2 fully saturated rings. The monoisotopic (exact) mass is 384 g/mol. The molecule has 0 radical (unpaired) electrons. The first-order valence-electron chi connectivity index (χ1n) is 10.8. The number of primary amides is 1. The number of carbonyl (C=O) groups excluding carboxylic acids is 1. The van der Waals surface area contributed by atoms with Crippen molar-refractivity contribution in [3.63, 3.8) is 0 Å². The van der Waals surface area contributed by atoms with Crippen molar-refractivity contribution in [2.24, 2.45) is 11.7 Å². The maximum absolute atomic E-state index is 11.1. The van der Waals surface area contributed by atoms with Crippen LogP contribution in [0.1, 0.15) is 70.0 Å². The van der Waals surface area contributed by atoms with Crippen molar-refractivity contribution in [1.82, 2.24) is 14.9 Å². The number of nitrogens with two attached hydrogens (primary N) is 1. The maximum Gasteiger partial charge on any atom is 0.410 e. The van der Waals surface area contributed by atoms with E-state index >= 15 is 0 Å². The molecule has 6 nitrogen and oxygen atoms in total. The summed E-state index contributed by atoms with van der Waals surface area (Å²) in [6.45, 7) is 4.60. The van der Waals surface area contributed by atoms with Gasteiger partial charge < -0.3 is 20.4 Å². The molecule has 0 spiro atoms. The summed E-state index contributed by atoms with van der Waals surface area (Å²) in [4.78, 5) is 22.0. The molecule has 3 N–H and O–H groups in total. The van der Waals surface area contributed by atoms with Crippen molar-refractivity contribution in [3.8, 4) is 5.75 Å². The Kier molecular flexibility index (Phi) is 5.85. The second kappa shape index (κ2) is 8.52. The van der Waals surface area contributed by atoms with Crippen LogP contribution in [0, 0.1) is 5.92 Å². The quantitative estimate of drug-likeness (QED) is 0.791. The Hall–Kier alpha value is -2.08. The Morgan fingerprint density at radius 3 is 2.64 bits per heavy atom. The van der Waals surface area contributed by atoms with Crippen molar-refractivity contribution >= 4 is 17.1 Å². The van der Waals surface area contributed by atoms with Gasteiger partial charge >= 0.3 is 6.09 Å². The first-order valence-corrected chi connectivity index (χ1v) is 10.8. The lowest BCUT2D eigenvalue weighted by Gasteiger charge is -2.40. The van der Waals surface area contributed by atoms with Gasteiger partial charge in [0, 0.05) is 12.0 Å². The van der Waals surface area contributed by atoms with E-state index in [-0.39, 0.29) is 0 Å². The van der Waals surface area contributed by atoms with Crippen LogP contribution in [0.2, 0.25) is 0 Å². The number of benzene rings is 1. The Morgan fingerprint density at radius 1 is 1.21 bits per heavy atom. The number of likely N-dealkylation sites (tertiary alicyclic amines) is 1. The van der Waals surface area contributed by atoms with Gasteiger partial charge in [-0.25, -0.2) is 9.78 Å². The van der Waals surface area contributed by atoms with Crippen LogP contribution < -0.4 is 10.5 Å². The van der Waals surface area contributed by atoms with Crippen molar-refractivity contribution < 1.29 is 9.53 Å². The first kappa shape index (κ1) is 19.2. The van der Waals surface area contributed by atoms with E-state index < -0.39 is 6.09 Å². The number of fused-ring (bicyclic) bond motifs is 1. The number of nitrogens with one attached hydrogen (secondary N) is 1. The molecule has 1 saturated carbocycles. The summed E-state index contributed by atoms with van der Waals surface area (Å²) in [6.07, 6.45) is 9.73. The number of ether oxygens (including phenoxy) is 1. The summed E-state index contributed by atoms with van der Waals surface area (Å²) in [5.74, 6) is 2.82. The van der Waals surface area contributed by atoms with Crippen LogP contribution in [0.25, 0.3) is 11.0 Å². The smallest absolute Gasteiger partial charge is 0.408 e. The largest absolute Gasteiger partial charge is 0.410 e. The number of piperidine rings is 1. The highest BCUT2D eigenvalue weighted by atomic mass is 16.5. The lowest BCUT2D eigenvalue weighted by molar-refractivity contribution is 0.105. The summed E-state index contributed by atoms with van der Waals surface area (Å²) in [5, 5.41) is 0. The van der Waals surface area contributed by atoms with Crippen LogP contribution in [-0.2, 0) is 0 Å². The third kappa shape index (κ3) is 4.17. The minimum Gasteiger partial charge on any atom is -0.408 e. The van der Waals surface area contributed by atoms with Gasteiger partial charge in [0.25, 0.3) is 0 Å². The number of nitrogens with zero attached hydrogens (tertiary/aromatic N) is 2. The van der Waals surface area contributed by atoms with E-state index in [1.165, 1.54) is 38.5 Å². The molecule has 28 heavy (non-hydrogen) atoms. The number of hydrogen-bond donors (Lipinski definition) is 2. The van der Waals surface area contributed by atoms with Crippen molar-refractivity contribution in [3.05, 3.63) is 24.0 Å². The van der Waals surface area contributed by atoms with Gasteiger partial charge in [-0.2, -0.15) is 0 Å². The van der Waals surface area contributed by atoms with Gasteiger partial charge in [-0.05, 0) is 69.7 Å². The van der Waals surface area contributed by atoms with Crippen LogP contribution in [-0.4, -0.2) is 40.1 Å². The van der Waals surface area contributed by atoms with E-state index in [4.69, 9.17) is 15.5 Å². The molecule has 1 aromatic heterocycles.